The third kappa shape index (κ3) is 3.29. The van der Waals surface area contributed by atoms with Crippen LogP contribution in [0.3, 0.4) is 0 Å². The summed E-state index contributed by atoms with van der Waals surface area (Å²) < 4.78 is 5.50. The van der Waals surface area contributed by atoms with Gasteiger partial charge < -0.3 is 15.6 Å². The normalized spacial score (nSPS) is 14.5. The average molecular weight is 230 g/mol. The number of rotatable bonds is 4. The lowest BCUT2D eigenvalue weighted by atomic mass is 10.2. The monoisotopic (exact) mass is 229 g/mol. The van der Waals surface area contributed by atoms with E-state index in [2.05, 4.69) is 0 Å². The largest absolute Gasteiger partial charge is 0.504 e. The van der Waals surface area contributed by atoms with Crippen LogP contribution in [0.2, 0.25) is 0 Å². The van der Waals surface area contributed by atoms with E-state index in [1.165, 1.54) is 12.8 Å². The van der Waals surface area contributed by atoms with Gasteiger partial charge in [-0.3, -0.25) is 0 Å². The number of phenolic OH excluding ortho intramolecular Hbond substituents is 1. The smallest absolute Gasteiger partial charge is 0.161 e. The number of benzene rings is 1. The van der Waals surface area contributed by atoms with Crippen LogP contribution in [0.15, 0.2) is 18.2 Å². The molecule has 1 aliphatic rings. The molecular weight excluding hydrogens is 214 g/mol. The minimum absolute atomic E-state index is 0. The lowest BCUT2D eigenvalue weighted by Gasteiger charge is -2.08. The first kappa shape index (κ1) is 12.1. The van der Waals surface area contributed by atoms with Crippen molar-refractivity contribution in [3.63, 3.8) is 0 Å². The van der Waals surface area contributed by atoms with Gasteiger partial charge >= 0.3 is 0 Å². The first-order valence-electron chi connectivity index (χ1n) is 4.94. The van der Waals surface area contributed by atoms with Crippen molar-refractivity contribution >= 4 is 12.4 Å². The Morgan fingerprint density at radius 1 is 1.40 bits per heavy atom. The van der Waals surface area contributed by atoms with Gasteiger partial charge in [0, 0.05) is 6.54 Å². The first-order chi connectivity index (χ1) is 6.79. The quantitative estimate of drug-likeness (QED) is 0.831. The van der Waals surface area contributed by atoms with E-state index in [-0.39, 0.29) is 18.2 Å². The molecule has 0 radical (unpaired) electrons. The average Bonchev–Trinajstić information content (AvgIpc) is 3.00. The van der Waals surface area contributed by atoms with Gasteiger partial charge in [0.15, 0.2) is 11.5 Å². The van der Waals surface area contributed by atoms with Crippen LogP contribution in [0, 0.1) is 5.92 Å². The molecule has 3 N–H and O–H groups in total. The second-order valence-corrected chi connectivity index (χ2v) is 3.76. The number of phenols is 1. The lowest BCUT2D eigenvalue weighted by molar-refractivity contribution is 0.284. The highest BCUT2D eigenvalue weighted by Crippen LogP contribution is 2.32. The number of ether oxygens (including phenoxy) is 1. The van der Waals surface area contributed by atoms with Crippen LogP contribution < -0.4 is 10.5 Å². The molecule has 0 aliphatic heterocycles. The van der Waals surface area contributed by atoms with Crippen molar-refractivity contribution in [1.29, 1.82) is 0 Å². The maximum atomic E-state index is 9.50. The molecule has 84 valence electrons. The molecule has 0 heterocycles. The maximum Gasteiger partial charge on any atom is 0.161 e. The van der Waals surface area contributed by atoms with Crippen LogP contribution in [0.4, 0.5) is 0 Å². The Bertz CT molecular complexity index is 326. The Hall–Kier alpha value is -0.930. The molecule has 0 spiro atoms. The molecule has 3 nitrogen and oxygen atoms in total. The highest BCUT2D eigenvalue weighted by molar-refractivity contribution is 5.85. The molecule has 2 rings (SSSR count). The zero-order valence-corrected chi connectivity index (χ0v) is 9.30. The Labute approximate surface area is 95.7 Å². The zero-order valence-electron chi connectivity index (χ0n) is 8.48. The molecule has 0 bridgehead atoms. The van der Waals surface area contributed by atoms with E-state index in [4.69, 9.17) is 10.5 Å². The van der Waals surface area contributed by atoms with Crippen LogP contribution in [-0.4, -0.2) is 11.7 Å². The third-order valence-electron chi connectivity index (χ3n) is 2.43. The third-order valence-corrected chi connectivity index (χ3v) is 2.43. The Morgan fingerprint density at radius 2 is 2.13 bits per heavy atom. The van der Waals surface area contributed by atoms with Gasteiger partial charge in [-0.25, -0.2) is 0 Å². The number of halogens is 1. The topological polar surface area (TPSA) is 55.5 Å². The van der Waals surface area contributed by atoms with Gasteiger partial charge in [0.2, 0.25) is 0 Å². The number of hydrogen-bond donors (Lipinski definition) is 2. The second-order valence-electron chi connectivity index (χ2n) is 3.76. The van der Waals surface area contributed by atoms with Crippen molar-refractivity contribution in [2.24, 2.45) is 11.7 Å². The van der Waals surface area contributed by atoms with E-state index < -0.39 is 0 Å². The molecule has 0 atom stereocenters. The molecule has 0 aromatic heterocycles. The van der Waals surface area contributed by atoms with Crippen LogP contribution in [0.5, 0.6) is 11.5 Å². The summed E-state index contributed by atoms with van der Waals surface area (Å²) in [7, 11) is 0. The zero-order chi connectivity index (χ0) is 9.97. The minimum atomic E-state index is 0. The SMILES string of the molecule is Cl.NCc1ccc(O)c(OCC2CC2)c1. The first-order valence-corrected chi connectivity index (χ1v) is 4.94. The lowest BCUT2D eigenvalue weighted by Crippen LogP contribution is -2.01. The van der Waals surface area contributed by atoms with Gasteiger partial charge in [-0.05, 0) is 36.5 Å². The van der Waals surface area contributed by atoms with Gasteiger partial charge in [0.25, 0.3) is 0 Å². The standard InChI is InChI=1S/C11H15NO2.ClH/c12-6-9-3-4-10(13)11(5-9)14-7-8-1-2-8;/h3-5,8,13H,1-2,6-7,12H2;1H. The summed E-state index contributed by atoms with van der Waals surface area (Å²) in [5, 5.41) is 9.50. The van der Waals surface area contributed by atoms with E-state index in [1.54, 1.807) is 18.2 Å². The summed E-state index contributed by atoms with van der Waals surface area (Å²) in [6.45, 7) is 1.18. The van der Waals surface area contributed by atoms with E-state index >= 15 is 0 Å². The van der Waals surface area contributed by atoms with Gasteiger partial charge in [-0.1, -0.05) is 6.07 Å². The van der Waals surface area contributed by atoms with Gasteiger partial charge in [-0.2, -0.15) is 0 Å². The molecular formula is C11H16ClNO2. The number of aromatic hydroxyl groups is 1. The highest BCUT2D eigenvalue weighted by Gasteiger charge is 2.22. The summed E-state index contributed by atoms with van der Waals surface area (Å²) in [6, 6.07) is 5.24. The van der Waals surface area contributed by atoms with E-state index in [9.17, 15) is 5.11 Å². The van der Waals surface area contributed by atoms with Crippen LogP contribution >= 0.6 is 12.4 Å². The fourth-order valence-electron chi connectivity index (χ4n) is 1.29. The van der Waals surface area contributed by atoms with Gasteiger partial charge in [0.05, 0.1) is 6.61 Å². The number of hydrogen-bond acceptors (Lipinski definition) is 3. The molecule has 4 heteroatoms. The predicted molar refractivity (Wildman–Crippen MR) is 61.5 cm³/mol. The van der Waals surface area contributed by atoms with Crippen molar-refractivity contribution in [1.82, 2.24) is 0 Å². The van der Waals surface area contributed by atoms with Gasteiger partial charge in [0.1, 0.15) is 0 Å². The van der Waals surface area contributed by atoms with Crippen LogP contribution in [0.25, 0.3) is 0 Å². The predicted octanol–water partition coefficient (Wildman–Crippen LogP) is 2.06. The molecule has 0 unspecified atom stereocenters. The van der Waals surface area contributed by atoms with Crippen molar-refractivity contribution in [2.45, 2.75) is 19.4 Å². The fraction of sp³-hybridized carbons (Fsp3) is 0.455. The van der Waals surface area contributed by atoms with Crippen molar-refractivity contribution in [3.05, 3.63) is 23.8 Å². The highest BCUT2D eigenvalue weighted by atomic mass is 35.5. The fourth-order valence-corrected chi connectivity index (χ4v) is 1.29. The van der Waals surface area contributed by atoms with Crippen molar-refractivity contribution in [2.75, 3.05) is 6.61 Å². The molecule has 15 heavy (non-hydrogen) atoms. The Balaban J connectivity index is 0.00000112. The molecule has 1 aromatic rings. The van der Waals surface area contributed by atoms with Crippen LogP contribution in [-0.2, 0) is 6.54 Å². The van der Waals surface area contributed by atoms with E-state index in [0.29, 0.717) is 24.8 Å². The minimum Gasteiger partial charge on any atom is -0.504 e. The van der Waals surface area contributed by atoms with Gasteiger partial charge in [-0.15, -0.1) is 12.4 Å². The number of nitrogens with two attached hydrogens (primary N) is 1. The molecule has 0 saturated heterocycles. The summed E-state index contributed by atoms with van der Waals surface area (Å²) in [5.41, 5.74) is 6.48. The van der Waals surface area contributed by atoms with E-state index in [1.807, 2.05) is 0 Å². The summed E-state index contributed by atoms with van der Waals surface area (Å²) in [6.07, 6.45) is 2.49. The Kier molecular flexibility index (Phi) is 4.24. The molecule has 1 fully saturated rings. The molecule has 1 aliphatic carbocycles. The van der Waals surface area contributed by atoms with E-state index in [0.717, 1.165) is 5.56 Å². The summed E-state index contributed by atoms with van der Waals surface area (Å²) in [5.74, 6) is 1.44. The maximum absolute atomic E-state index is 9.50. The molecule has 1 aromatic carbocycles. The summed E-state index contributed by atoms with van der Waals surface area (Å²) in [4.78, 5) is 0. The van der Waals surface area contributed by atoms with Crippen LogP contribution in [0.1, 0.15) is 18.4 Å². The van der Waals surface area contributed by atoms with Crippen molar-refractivity contribution in [3.8, 4) is 11.5 Å². The summed E-state index contributed by atoms with van der Waals surface area (Å²) >= 11 is 0. The molecule has 1 saturated carbocycles. The van der Waals surface area contributed by atoms with Crippen molar-refractivity contribution < 1.29 is 9.84 Å². The Morgan fingerprint density at radius 3 is 2.73 bits per heavy atom. The molecule has 0 amide bonds. The second kappa shape index (κ2) is 5.24.